The lowest BCUT2D eigenvalue weighted by molar-refractivity contribution is 0.0698. The molecule has 8 heteroatoms. The van der Waals surface area contributed by atoms with E-state index in [1.54, 1.807) is 15.9 Å². The van der Waals surface area contributed by atoms with Crippen molar-refractivity contribution in [1.29, 1.82) is 0 Å². The first kappa shape index (κ1) is 16.9. The molecule has 3 rings (SSSR count). The minimum atomic E-state index is -0.181. The predicted octanol–water partition coefficient (Wildman–Crippen LogP) is 2.02. The average molecular weight is 349 g/mol. The molecule has 1 amide bonds. The van der Waals surface area contributed by atoms with Crippen LogP contribution in [-0.2, 0) is 13.0 Å². The third-order valence-corrected chi connectivity index (χ3v) is 5.32. The Labute approximate surface area is 144 Å². The van der Waals surface area contributed by atoms with Crippen molar-refractivity contribution in [2.75, 3.05) is 13.1 Å². The Morgan fingerprint density at radius 3 is 3.04 bits per heavy atom. The largest absolute Gasteiger partial charge is 0.343 e. The zero-order valence-electron chi connectivity index (χ0n) is 14.1. The standard InChI is InChI=1S/C16H23N5O2S/c1-3-6-13-17-12(10-24-13)15(22)20-8-5-7-11(9-20)14-18-19-16(23)21(14)4-2/h10-11H,3-9H2,1-2H3,(H,19,23)/t11-/m0/s1. The number of aryl methyl sites for hydroxylation is 1. The van der Waals surface area contributed by atoms with Crippen molar-refractivity contribution < 1.29 is 4.79 Å². The summed E-state index contributed by atoms with van der Waals surface area (Å²) in [5.41, 5.74) is 0.360. The van der Waals surface area contributed by atoms with Gasteiger partial charge in [-0.3, -0.25) is 9.36 Å². The van der Waals surface area contributed by atoms with Crippen LogP contribution in [0, 0.1) is 0 Å². The Morgan fingerprint density at radius 1 is 1.46 bits per heavy atom. The normalized spacial score (nSPS) is 18.1. The number of hydrogen-bond acceptors (Lipinski definition) is 5. The number of amides is 1. The maximum Gasteiger partial charge on any atom is 0.343 e. The summed E-state index contributed by atoms with van der Waals surface area (Å²) in [4.78, 5) is 30.8. The summed E-state index contributed by atoms with van der Waals surface area (Å²) in [7, 11) is 0. The lowest BCUT2D eigenvalue weighted by Gasteiger charge is -2.31. The molecule has 3 heterocycles. The average Bonchev–Trinajstić information content (AvgIpc) is 3.21. The maximum atomic E-state index is 12.7. The summed E-state index contributed by atoms with van der Waals surface area (Å²) in [5.74, 6) is 0.833. The first-order valence-corrected chi connectivity index (χ1v) is 9.40. The van der Waals surface area contributed by atoms with Crippen LogP contribution in [0.2, 0.25) is 0 Å². The van der Waals surface area contributed by atoms with Gasteiger partial charge in [0.15, 0.2) is 0 Å². The zero-order valence-corrected chi connectivity index (χ0v) is 14.9. The van der Waals surface area contributed by atoms with Crippen LogP contribution >= 0.6 is 11.3 Å². The molecule has 0 radical (unpaired) electrons. The van der Waals surface area contributed by atoms with Crippen molar-refractivity contribution in [3.8, 4) is 0 Å². The van der Waals surface area contributed by atoms with Gasteiger partial charge < -0.3 is 4.90 Å². The van der Waals surface area contributed by atoms with E-state index in [2.05, 4.69) is 22.1 Å². The van der Waals surface area contributed by atoms with E-state index in [0.29, 0.717) is 18.8 Å². The summed E-state index contributed by atoms with van der Waals surface area (Å²) in [6.45, 7) is 5.94. The van der Waals surface area contributed by atoms with Crippen LogP contribution in [0.4, 0.5) is 0 Å². The predicted molar refractivity (Wildman–Crippen MR) is 92.5 cm³/mol. The van der Waals surface area contributed by atoms with Crippen LogP contribution in [0.1, 0.15) is 60.3 Å². The monoisotopic (exact) mass is 349 g/mol. The van der Waals surface area contributed by atoms with Gasteiger partial charge in [0.25, 0.3) is 5.91 Å². The van der Waals surface area contributed by atoms with E-state index in [-0.39, 0.29) is 17.5 Å². The van der Waals surface area contributed by atoms with Crippen molar-refractivity contribution in [2.24, 2.45) is 0 Å². The van der Waals surface area contributed by atoms with Crippen molar-refractivity contribution in [1.82, 2.24) is 24.6 Å². The zero-order chi connectivity index (χ0) is 17.1. The summed E-state index contributed by atoms with van der Waals surface area (Å²) >= 11 is 1.55. The van der Waals surface area contributed by atoms with Crippen molar-refractivity contribution in [2.45, 2.75) is 52.0 Å². The molecule has 1 saturated heterocycles. The van der Waals surface area contributed by atoms with E-state index in [4.69, 9.17) is 0 Å². The fraction of sp³-hybridized carbons (Fsp3) is 0.625. The van der Waals surface area contributed by atoms with E-state index in [1.807, 2.05) is 17.2 Å². The number of hydrogen-bond donors (Lipinski definition) is 1. The molecule has 0 saturated carbocycles. The molecule has 1 N–H and O–H groups in total. The summed E-state index contributed by atoms with van der Waals surface area (Å²) in [5, 5.41) is 9.57. The van der Waals surface area contributed by atoms with E-state index >= 15 is 0 Å². The first-order chi connectivity index (χ1) is 11.6. The lowest BCUT2D eigenvalue weighted by Crippen LogP contribution is -2.40. The van der Waals surface area contributed by atoms with Crippen molar-refractivity contribution >= 4 is 17.2 Å². The van der Waals surface area contributed by atoms with Crippen LogP contribution in [0.5, 0.6) is 0 Å². The van der Waals surface area contributed by atoms with Gasteiger partial charge in [0.2, 0.25) is 0 Å². The maximum absolute atomic E-state index is 12.7. The van der Waals surface area contributed by atoms with Gasteiger partial charge >= 0.3 is 5.69 Å². The molecule has 1 fully saturated rings. The molecule has 0 spiro atoms. The topological polar surface area (TPSA) is 83.9 Å². The van der Waals surface area contributed by atoms with Gasteiger partial charge in [0.05, 0.1) is 5.01 Å². The molecule has 7 nitrogen and oxygen atoms in total. The highest BCUT2D eigenvalue weighted by Gasteiger charge is 2.29. The summed E-state index contributed by atoms with van der Waals surface area (Å²) in [6, 6.07) is 0. The van der Waals surface area contributed by atoms with Crippen molar-refractivity contribution in [3.05, 3.63) is 32.4 Å². The molecule has 130 valence electrons. The van der Waals surface area contributed by atoms with Crippen LogP contribution < -0.4 is 5.69 Å². The third-order valence-electron chi connectivity index (χ3n) is 4.41. The molecule has 0 aromatic carbocycles. The smallest absolute Gasteiger partial charge is 0.337 e. The van der Waals surface area contributed by atoms with Crippen LogP contribution in [-0.4, -0.2) is 43.6 Å². The molecule has 1 aliphatic rings. The molecule has 24 heavy (non-hydrogen) atoms. The SMILES string of the molecule is CCCc1nc(C(=O)N2CCC[C@H](c3n[nH]c(=O)n3CC)C2)cs1. The second-order valence-corrected chi connectivity index (χ2v) is 7.04. The number of H-pyrrole nitrogens is 1. The van der Waals surface area contributed by atoms with Crippen LogP contribution in [0.25, 0.3) is 0 Å². The molecule has 2 aromatic rings. The number of rotatable bonds is 5. The highest BCUT2D eigenvalue weighted by atomic mass is 32.1. The van der Waals surface area contributed by atoms with Gasteiger partial charge in [-0.15, -0.1) is 11.3 Å². The Kier molecular flexibility index (Phi) is 5.13. The van der Waals surface area contributed by atoms with Crippen LogP contribution in [0.15, 0.2) is 10.2 Å². The van der Waals surface area contributed by atoms with Crippen molar-refractivity contribution in [3.63, 3.8) is 0 Å². The Bertz CT molecular complexity index is 763. The highest BCUT2D eigenvalue weighted by Crippen LogP contribution is 2.26. The fourth-order valence-electron chi connectivity index (χ4n) is 3.22. The molecule has 1 aliphatic heterocycles. The van der Waals surface area contributed by atoms with Gasteiger partial charge in [0, 0.05) is 30.9 Å². The van der Waals surface area contributed by atoms with Gasteiger partial charge in [0.1, 0.15) is 11.5 Å². The minimum Gasteiger partial charge on any atom is -0.337 e. The first-order valence-electron chi connectivity index (χ1n) is 8.52. The van der Waals surface area contributed by atoms with E-state index in [1.165, 1.54) is 0 Å². The van der Waals surface area contributed by atoms with Gasteiger partial charge in [-0.25, -0.2) is 14.9 Å². The number of nitrogens with zero attached hydrogens (tertiary/aromatic N) is 4. The Hall–Kier alpha value is -1.96. The molecule has 0 bridgehead atoms. The molecule has 0 aliphatic carbocycles. The van der Waals surface area contributed by atoms with Gasteiger partial charge in [-0.2, -0.15) is 5.10 Å². The second-order valence-electron chi connectivity index (χ2n) is 6.10. The quantitative estimate of drug-likeness (QED) is 0.895. The van der Waals surface area contributed by atoms with E-state index in [9.17, 15) is 9.59 Å². The minimum absolute atomic E-state index is 0.0146. The number of carbonyl (C=O) groups is 1. The molecule has 2 aromatic heterocycles. The number of aromatic amines is 1. The number of likely N-dealkylation sites (tertiary alicyclic amines) is 1. The highest BCUT2D eigenvalue weighted by molar-refractivity contribution is 7.09. The van der Waals surface area contributed by atoms with Crippen LogP contribution in [0.3, 0.4) is 0 Å². The molecular formula is C16H23N5O2S. The summed E-state index contributed by atoms with van der Waals surface area (Å²) in [6.07, 6.45) is 3.79. The van der Waals surface area contributed by atoms with Gasteiger partial charge in [-0.05, 0) is 32.6 Å². The van der Waals surface area contributed by atoms with Gasteiger partial charge in [-0.1, -0.05) is 6.92 Å². The molecule has 1 atom stereocenters. The second kappa shape index (κ2) is 7.29. The number of aromatic nitrogens is 4. The van der Waals surface area contributed by atoms with E-state index < -0.39 is 0 Å². The van der Waals surface area contributed by atoms with E-state index in [0.717, 1.165) is 43.1 Å². The number of nitrogens with one attached hydrogen (secondary N) is 1. The Morgan fingerprint density at radius 2 is 2.29 bits per heavy atom. The number of carbonyl (C=O) groups excluding carboxylic acids is 1. The lowest BCUT2D eigenvalue weighted by atomic mass is 9.97. The number of thiazole rings is 1. The molecule has 0 unspecified atom stereocenters. The molecular weight excluding hydrogens is 326 g/mol. The number of piperidine rings is 1. The summed E-state index contributed by atoms with van der Waals surface area (Å²) < 4.78 is 1.65. The Balaban J connectivity index is 1.74. The fourth-order valence-corrected chi connectivity index (χ4v) is 4.09. The third kappa shape index (κ3) is 3.28.